The Morgan fingerprint density at radius 2 is 1.61 bits per heavy atom. The van der Waals surface area contributed by atoms with Gasteiger partial charge in [0.1, 0.15) is 5.75 Å². The van der Waals surface area contributed by atoms with Crippen molar-refractivity contribution in [3.05, 3.63) is 102 Å². The van der Waals surface area contributed by atoms with E-state index in [4.69, 9.17) is 4.74 Å². The molecule has 1 heterocycles. The molecule has 5 heteroatoms. The van der Waals surface area contributed by atoms with Crippen LogP contribution in [0, 0.1) is 0 Å². The van der Waals surface area contributed by atoms with Gasteiger partial charge in [0, 0.05) is 31.2 Å². The van der Waals surface area contributed by atoms with E-state index in [1.165, 1.54) is 11.1 Å². The van der Waals surface area contributed by atoms with Crippen molar-refractivity contribution in [3.8, 4) is 5.75 Å². The molecule has 0 aromatic heterocycles. The molecule has 1 atom stereocenters. The van der Waals surface area contributed by atoms with Crippen LogP contribution in [0.1, 0.15) is 41.9 Å². The van der Waals surface area contributed by atoms with Crippen LogP contribution >= 0.6 is 0 Å². The van der Waals surface area contributed by atoms with Crippen LogP contribution in [0.2, 0.25) is 0 Å². The molecule has 4 rings (SSSR count). The highest BCUT2D eigenvalue weighted by atomic mass is 16.5. The standard InChI is InChI=1S/C28H32N2O3/c31-27-16-8-7-14-24(27)20-30(21-25-15-9-19-33-25)28(32)29-18-17-26(22-10-3-1-4-11-22)23-12-5-2-6-13-23/h1-8,10-14,16,25-26,31H,9,15,17-21H2,(H,29,32)/t25-/m0/s1. The minimum atomic E-state index is -0.131. The van der Waals surface area contributed by atoms with Gasteiger partial charge in [-0.3, -0.25) is 0 Å². The molecular weight excluding hydrogens is 412 g/mol. The minimum absolute atomic E-state index is 0.0444. The van der Waals surface area contributed by atoms with E-state index in [1.807, 2.05) is 24.3 Å². The fourth-order valence-corrected chi connectivity index (χ4v) is 4.44. The maximum Gasteiger partial charge on any atom is 0.317 e. The van der Waals surface area contributed by atoms with Crippen molar-refractivity contribution in [1.82, 2.24) is 10.2 Å². The van der Waals surface area contributed by atoms with Gasteiger partial charge in [0.15, 0.2) is 0 Å². The summed E-state index contributed by atoms with van der Waals surface area (Å²) in [5.41, 5.74) is 3.21. The Hall–Kier alpha value is -3.31. The Balaban J connectivity index is 1.42. The third-order valence-corrected chi connectivity index (χ3v) is 6.20. The van der Waals surface area contributed by atoms with E-state index in [2.05, 4.69) is 53.8 Å². The SMILES string of the molecule is O=C(NCCC(c1ccccc1)c1ccccc1)N(Cc1ccccc1O)C[C@@H]1CCCO1. The van der Waals surface area contributed by atoms with E-state index in [0.717, 1.165) is 31.4 Å². The first-order valence-electron chi connectivity index (χ1n) is 11.7. The molecule has 1 aliphatic rings. The first-order valence-corrected chi connectivity index (χ1v) is 11.7. The third kappa shape index (κ3) is 6.36. The highest BCUT2D eigenvalue weighted by molar-refractivity contribution is 5.74. The summed E-state index contributed by atoms with van der Waals surface area (Å²) in [6.45, 7) is 2.16. The van der Waals surface area contributed by atoms with Crippen LogP contribution in [0.25, 0.3) is 0 Å². The number of nitrogens with one attached hydrogen (secondary N) is 1. The van der Waals surface area contributed by atoms with Gasteiger partial charge in [-0.05, 0) is 36.5 Å². The zero-order chi connectivity index (χ0) is 22.9. The number of phenols is 1. The highest BCUT2D eigenvalue weighted by Gasteiger charge is 2.24. The number of amides is 2. The molecular formula is C28H32N2O3. The average molecular weight is 445 g/mol. The summed E-state index contributed by atoms with van der Waals surface area (Å²) in [5, 5.41) is 13.3. The van der Waals surface area contributed by atoms with Gasteiger partial charge >= 0.3 is 6.03 Å². The van der Waals surface area contributed by atoms with Crippen LogP contribution in [-0.2, 0) is 11.3 Å². The summed E-state index contributed by atoms with van der Waals surface area (Å²) >= 11 is 0. The van der Waals surface area contributed by atoms with Gasteiger partial charge in [0.05, 0.1) is 12.6 Å². The summed E-state index contributed by atoms with van der Waals surface area (Å²) in [7, 11) is 0. The first kappa shape index (κ1) is 22.9. The van der Waals surface area contributed by atoms with Crippen molar-refractivity contribution in [3.63, 3.8) is 0 Å². The minimum Gasteiger partial charge on any atom is -0.508 e. The molecule has 0 unspecified atom stereocenters. The molecule has 5 nitrogen and oxygen atoms in total. The zero-order valence-corrected chi connectivity index (χ0v) is 18.9. The Morgan fingerprint density at radius 3 is 2.21 bits per heavy atom. The van der Waals surface area contributed by atoms with Crippen molar-refractivity contribution >= 4 is 6.03 Å². The number of para-hydroxylation sites is 1. The molecule has 2 amide bonds. The van der Waals surface area contributed by atoms with E-state index in [9.17, 15) is 9.90 Å². The second-order valence-electron chi connectivity index (χ2n) is 8.54. The predicted octanol–water partition coefficient (Wildman–Crippen LogP) is 5.31. The van der Waals surface area contributed by atoms with Crippen LogP contribution in [-0.4, -0.2) is 41.8 Å². The quantitative estimate of drug-likeness (QED) is 0.470. The van der Waals surface area contributed by atoms with Gasteiger partial charge < -0.3 is 20.1 Å². The number of hydrogen-bond acceptors (Lipinski definition) is 3. The molecule has 1 saturated heterocycles. The van der Waals surface area contributed by atoms with E-state index in [-0.39, 0.29) is 23.8 Å². The number of rotatable bonds is 9. The van der Waals surface area contributed by atoms with E-state index in [0.29, 0.717) is 19.6 Å². The van der Waals surface area contributed by atoms with Gasteiger partial charge in [-0.15, -0.1) is 0 Å². The lowest BCUT2D eigenvalue weighted by Crippen LogP contribution is -2.43. The zero-order valence-electron chi connectivity index (χ0n) is 18.9. The average Bonchev–Trinajstić information content (AvgIpc) is 3.37. The second kappa shape index (κ2) is 11.5. The summed E-state index contributed by atoms with van der Waals surface area (Å²) in [6, 6.07) is 27.9. The van der Waals surface area contributed by atoms with Crippen molar-refractivity contribution < 1.29 is 14.6 Å². The van der Waals surface area contributed by atoms with Crippen molar-refractivity contribution in [1.29, 1.82) is 0 Å². The van der Waals surface area contributed by atoms with E-state index < -0.39 is 0 Å². The third-order valence-electron chi connectivity index (χ3n) is 6.20. The number of benzene rings is 3. The fraction of sp³-hybridized carbons (Fsp3) is 0.321. The van der Waals surface area contributed by atoms with Gasteiger partial charge in [-0.25, -0.2) is 4.79 Å². The number of urea groups is 1. The molecule has 0 radical (unpaired) electrons. The lowest BCUT2D eigenvalue weighted by Gasteiger charge is -2.27. The first-order chi connectivity index (χ1) is 16.2. The predicted molar refractivity (Wildman–Crippen MR) is 130 cm³/mol. The Bertz CT molecular complexity index is 964. The number of aromatic hydroxyl groups is 1. The molecule has 172 valence electrons. The molecule has 3 aromatic rings. The molecule has 0 saturated carbocycles. The van der Waals surface area contributed by atoms with Crippen molar-refractivity contribution in [2.75, 3.05) is 19.7 Å². The molecule has 3 aromatic carbocycles. The van der Waals surface area contributed by atoms with Crippen LogP contribution in [0.15, 0.2) is 84.9 Å². The number of carbonyl (C=O) groups is 1. The van der Waals surface area contributed by atoms with Crippen molar-refractivity contribution in [2.24, 2.45) is 0 Å². The summed E-state index contributed by atoms with van der Waals surface area (Å²) < 4.78 is 5.78. The number of ether oxygens (including phenoxy) is 1. The lowest BCUT2D eigenvalue weighted by atomic mass is 9.88. The number of nitrogens with zero attached hydrogens (tertiary/aromatic N) is 1. The van der Waals surface area contributed by atoms with Crippen LogP contribution in [0.5, 0.6) is 5.75 Å². The number of carbonyl (C=O) groups excluding carboxylic acids is 1. The lowest BCUT2D eigenvalue weighted by molar-refractivity contribution is 0.0793. The molecule has 0 bridgehead atoms. The maximum absolute atomic E-state index is 13.2. The summed E-state index contributed by atoms with van der Waals surface area (Å²) in [5.74, 6) is 0.411. The monoisotopic (exact) mass is 444 g/mol. The molecule has 1 aliphatic heterocycles. The Kier molecular flexibility index (Phi) is 7.99. The maximum atomic E-state index is 13.2. The Labute approximate surface area is 196 Å². The molecule has 33 heavy (non-hydrogen) atoms. The molecule has 1 fully saturated rings. The Morgan fingerprint density at radius 1 is 0.970 bits per heavy atom. The van der Waals surface area contributed by atoms with Gasteiger partial charge in [-0.2, -0.15) is 0 Å². The second-order valence-corrected chi connectivity index (χ2v) is 8.54. The molecule has 2 N–H and O–H groups in total. The van der Waals surface area contributed by atoms with E-state index in [1.54, 1.807) is 17.0 Å². The molecule has 0 aliphatic carbocycles. The van der Waals surface area contributed by atoms with Gasteiger partial charge in [0.25, 0.3) is 0 Å². The van der Waals surface area contributed by atoms with E-state index >= 15 is 0 Å². The van der Waals surface area contributed by atoms with Gasteiger partial charge in [0.2, 0.25) is 0 Å². The van der Waals surface area contributed by atoms with Crippen LogP contribution < -0.4 is 5.32 Å². The van der Waals surface area contributed by atoms with Gasteiger partial charge in [-0.1, -0.05) is 78.9 Å². The normalized spacial score (nSPS) is 15.5. The number of hydrogen-bond donors (Lipinski definition) is 2. The summed E-state index contributed by atoms with van der Waals surface area (Å²) in [6.07, 6.45) is 2.81. The molecule has 0 spiro atoms. The topological polar surface area (TPSA) is 61.8 Å². The summed E-state index contributed by atoms with van der Waals surface area (Å²) in [4.78, 5) is 14.9. The smallest absolute Gasteiger partial charge is 0.317 e. The largest absolute Gasteiger partial charge is 0.508 e. The van der Waals surface area contributed by atoms with Crippen LogP contribution in [0.4, 0.5) is 4.79 Å². The fourth-order valence-electron chi connectivity index (χ4n) is 4.44. The highest BCUT2D eigenvalue weighted by Crippen LogP contribution is 2.27. The number of phenolic OH excluding ortho intramolecular Hbond substituents is 1. The van der Waals surface area contributed by atoms with Crippen LogP contribution in [0.3, 0.4) is 0 Å². The van der Waals surface area contributed by atoms with Crippen molar-refractivity contribution in [2.45, 2.75) is 37.8 Å².